The van der Waals surface area contributed by atoms with Crippen molar-refractivity contribution in [1.29, 1.82) is 0 Å². The largest absolute Gasteiger partial charge is 0.490 e. The predicted octanol–water partition coefficient (Wildman–Crippen LogP) is 3.58. The van der Waals surface area contributed by atoms with Crippen LogP contribution in [0, 0.1) is 18.3 Å². The van der Waals surface area contributed by atoms with Crippen LogP contribution in [0.25, 0.3) is 0 Å². The van der Waals surface area contributed by atoms with Gasteiger partial charge in [-0.25, -0.2) is 0 Å². The predicted molar refractivity (Wildman–Crippen MR) is 130 cm³/mol. The number of fused-ring (bicyclic) bond motifs is 1. The van der Waals surface area contributed by atoms with Crippen LogP contribution in [0.1, 0.15) is 32.6 Å². The van der Waals surface area contributed by atoms with Gasteiger partial charge in [-0.15, -0.1) is 30.4 Å². The molecule has 1 saturated heterocycles. The number of halogens is 1. The molecule has 1 aromatic carbocycles. The number of ether oxygens (including phenoxy) is 2. The Bertz CT molecular complexity index is 697. The highest BCUT2D eigenvalue weighted by molar-refractivity contribution is 14.0. The molecule has 160 valence electrons. The van der Waals surface area contributed by atoms with E-state index >= 15 is 0 Å². The van der Waals surface area contributed by atoms with Crippen LogP contribution in [0.4, 0.5) is 5.69 Å². The Morgan fingerprint density at radius 3 is 2.76 bits per heavy atom. The fraction of sp³-hybridized carbons (Fsp3) is 0.591. The average Bonchev–Trinajstić information content (AvgIpc) is 2.95. The van der Waals surface area contributed by atoms with Gasteiger partial charge in [0, 0.05) is 24.7 Å². The molecule has 0 radical (unpaired) electrons. The smallest absolute Gasteiger partial charge is 0.196 e. The normalized spacial score (nSPS) is 17.6. The number of piperidine rings is 1. The van der Waals surface area contributed by atoms with Gasteiger partial charge < -0.3 is 25.0 Å². The molecule has 0 aromatic heterocycles. The summed E-state index contributed by atoms with van der Waals surface area (Å²) in [7, 11) is 0. The number of nitrogens with one attached hydrogen (secondary N) is 2. The van der Waals surface area contributed by atoms with E-state index in [1.165, 1.54) is 25.9 Å². The third-order valence-corrected chi connectivity index (χ3v) is 5.15. The van der Waals surface area contributed by atoms with Crippen LogP contribution in [0.5, 0.6) is 11.5 Å². The molecule has 1 aromatic rings. The van der Waals surface area contributed by atoms with Gasteiger partial charge in [-0.2, -0.15) is 0 Å². The summed E-state index contributed by atoms with van der Waals surface area (Å²) in [6, 6.07) is 5.84. The summed E-state index contributed by atoms with van der Waals surface area (Å²) in [5, 5.41) is 6.49. The standard InChI is InChI=1S/C22H32N4O2.HI/c1-3-10-23-22(24-11-4-12-26-13-8-18(2)9-14-26)25-19-6-7-20-21(17-19)28-16-5-15-27-20;/h1,6-7,17-18H,4-5,8-16H2,2H3,(H2,23,24,25);1H. The molecule has 0 aliphatic carbocycles. The van der Waals surface area contributed by atoms with Crippen molar-refractivity contribution in [2.24, 2.45) is 10.9 Å². The highest BCUT2D eigenvalue weighted by atomic mass is 127. The molecule has 0 spiro atoms. The molecule has 6 nitrogen and oxygen atoms in total. The number of likely N-dealkylation sites (tertiary alicyclic amines) is 1. The van der Waals surface area contributed by atoms with E-state index in [1.54, 1.807) is 0 Å². The second-order valence-electron chi connectivity index (χ2n) is 7.50. The Labute approximate surface area is 191 Å². The van der Waals surface area contributed by atoms with E-state index < -0.39 is 0 Å². The quantitative estimate of drug-likeness (QED) is 0.201. The highest BCUT2D eigenvalue weighted by Gasteiger charge is 2.15. The molecule has 1 fully saturated rings. The lowest BCUT2D eigenvalue weighted by atomic mass is 9.99. The van der Waals surface area contributed by atoms with Gasteiger partial charge in [0.25, 0.3) is 0 Å². The second kappa shape index (κ2) is 12.8. The lowest BCUT2D eigenvalue weighted by Gasteiger charge is -2.29. The fourth-order valence-corrected chi connectivity index (χ4v) is 3.42. The minimum absolute atomic E-state index is 0. The zero-order valence-electron chi connectivity index (χ0n) is 17.3. The Kier molecular flexibility index (Phi) is 10.4. The monoisotopic (exact) mass is 512 g/mol. The van der Waals surface area contributed by atoms with Crippen molar-refractivity contribution in [2.75, 3.05) is 51.3 Å². The minimum atomic E-state index is 0. The van der Waals surface area contributed by atoms with Gasteiger partial charge in [-0.1, -0.05) is 12.8 Å². The van der Waals surface area contributed by atoms with Gasteiger partial charge in [0.1, 0.15) is 0 Å². The van der Waals surface area contributed by atoms with Crippen molar-refractivity contribution >= 4 is 35.6 Å². The maximum atomic E-state index is 5.76. The van der Waals surface area contributed by atoms with E-state index in [4.69, 9.17) is 15.9 Å². The van der Waals surface area contributed by atoms with Crippen LogP contribution in [-0.2, 0) is 0 Å². The lowest BCUT2D eigenvalue weighted by molar-refractivity contribution is 0.192. The minimum Gasteiger partial charge on any atom is -0.490 e. The lowest BCUT2D eigenvalue weighted by Crippen LogP contribution is -2.34. The van der Waals surface area contributed by atoms with Crippen LogP contribution >= 0.6 is 24.0 Å². The summed E-state index contributed by atoms with van der Waals surface area (Å²) in [4.78, 5) is 7.23. The van der Waals surface area contributed by atoms with Crippen molar-refractivity contribution in [3.05, 3.63) is 18.2 Å². The van der Waals surface area contributed by atoms with Crippen LogP contribution in [-0.4, -0.2) is 56.8 Å². The molecule has 2 aliphatic heterocycles. The Balaban J connectivity index is 0.00000300. The summed E-state index contributed by atoms with van der Waals surface area (Å²) in [5.41, 5.74) is 0.900. The number of benzene rings is 1. The second-order valence-corrected chi connectivity index (χ2v) is 7.50. The van der Waals surface area contributed by atoms with Crippen molar-refractivity contribution in [3.8, 4) is 23.8 Å². The van der Waals surface area contributed by atoms with E-state index in [9.17, 15) is 0 Å². The number of terminal acetylenes is 1. The van der Waals surface area contributed by atoms with E-state index in [-0.39, 0.29) is 24.0 Å². The molecule has 0 bridgehead atoms. The number of hydrogen-bond acceptors (Lipinski definition) is 4. The van der Waals surface area contributed by atoms with Gasteiger partial charge in [-0.3, -0.25) is 4.99 Å². The van der Waals surface area contributed by atoms with Crippen molar-refractivity contribution in [3.63, 3.8) is 0 Å². The molecule has 29 heavy (non-hydrogen) atoms. The first kappa shape index (κ1) is 23.6. The number of aliphatic imine (C=N–C) groups is 1. The summed E-state index contributed by atoms with van der Waals surface area (Å²) in [6.07, 6.45) is 9.96. The van der Waals surface area contributed by atoms with Crippen LogP contribution in [0.3, 0.4) is 0 Å². The van der Waals surface area contributed by atoms with E-state index in [1.807, 2.05) is 18.2 Å². The zero-order valence-corrected chi connectivity index (χ0v) is 19.6. The molecule has 7 heteroatoms. The topological polar surface area (TPSA) is 58.1 Å². The third-order valence-electron chi connectivity index (χ3n) is 5.15. The highest BCUT2D eigenvalue weighted by Crippen LogP contribution is 2.32. The van der Waals surface area contributed by atoms with Crippen molar-refractivity contribution < 1.29 is 9.47 Å². The first-order chi connectivity index (χ1) is 13.7. The number of guanidine groups is 1. The van der Waals surface area contributed by atoms with Gasteiger partial charge >= 0.3 is 0 Å². The molecule has 0 unspecified atom stereocenters. The van der Waals surface area contributed by atoms with Gasteiger partial charge in [-0.05, 0) is 56.9 Å². The Morgan fingerprint density at radius 2 is 2.00 bits per heavy atom. The summed E-state index contributed by atoms with van der Waals surface area (Å²) in [6.45, 7) is 8.41. The summed E-state index contributed by atoms with van der Waals surface area (Å²) < 4.78 is 11.4. The number of anilines is 1. The molecule has 0 atom stereocenters. The Hall–Kier alpha value is -1.66. The fourth-order valence-electron chi connectivity index (χ4n) is 3.42. The summed E-state index contributed by atoms with van der Waals surface area (Å²) >= 11 is 0. The van der Waals surface area contributed by atoms with Gasteiger partial charge in [0.2, 0.25) is 0 Å². The van der Waals surface area contributed by atoms with Crippen LogP contribution < -0.4 is 20.1 Å². The zero-order chi connectivity index (χ0) is 19.6. The number of nitrogens with zero attached hydrogens (tertiary/aromatic N) is 2. The maximum absolute atomic E-state index is 5.76. The first-order valence-corrected chi connectivity index (χ1v) is 10.4. The number of rotatable bonds is 6. The maximum Gasteiger partial charge on any atom is 0.196 e. The molecule has 0 saturated carbocycles. The Morgan fingerprint density at radius 1 is 1.24 bits per heavy atom. The molecular weight excluding hydrogens is 479 g/mol. The number of hydrogen-bond donors (Lipinski definition) is 2. The van der Waals surface area contributed by atoms with Crippen molar-refractivity contribution in [1.82, 2.24) is 10.2 Å². The average molecular weight is 512 g/mol. The van der Waals surface area contributed by atoms with Gasteiger partial charge in [0.15, 0.2) is 17.5 Å². The molecule has 3 rings (SSSR count). The van der Waals surface area contributed by atoms with E-state index in [2.05, 4.69) is 33.4 Å². The van der Waals surface area contributed by atoms with E-state index in [0.29, 0.717) is 25.7 Å². The van der Waals surface area contributed by atoms with E-state index in [0.717, 1.165) is 49.0 Å². The van der Waals surface area contributed by atoms with Crippen LogP contribution in [0.2, 0.25) is 0 Å². The van der Waals surface area contributed by atoms with Crippen LogP contribution in [0.15, 0.2) is 23.2 Å². The van der Waals surface area contributed by atoms with Gasteiger partial charge in [0.05, 0.1) is 19.8 Å². The summed E-state index contributed by atoms with van der Waals surface area (Å²) in [5.74, 6) is 5.71. The SMILES string of the molecule is C#CCNC(=NCCCN1CCC(C)CC1)Nc1ccc2c(c1)OCCCO2.I. The molecule has 2 aliphatic rings. The third kappa shape index (κ3) is 7.94. The molecule has 0 amide bonds. The van der Waals surface area contributed by atoms with Crippen molar-refractivity contribution in [2.45, 2.75) is 32.6 Å². The molecule has 2 N–H and O–H groups in total. The molecule has 2 heterocycles. The molecular formula is C22H33IN4O2. The first-order valence-electron chi connectivity index (χ1n) is 10.4.